The number of carboxylic acid groups (broad SMARTS) is 1. The van der Waals surface area contributed by atoms with E-state index in [9.17, 15) is 9.18 Å². The highest BCUT2D eigenvalue weighted by molar-refractivity contribution is 5.74. The summed E-state index contributed by atoms with van der Waals surface area (Å²) < 4.78 is 13.3. The molecule has 1 atom stereocenters. The third-order valence-corrected chi connectivity index (χ3v) is 1.80. The van der Waals surface area contributed by atoms with E-state index in [0.29, 0.717) is 0 Å². The fraction of sp³-hybridized carbons (Fsp3) is 0.222. The number of hydrogen-bond acceptors (Lipinski definition) is 3. The highest BCUT2D eigenvalue weighted by Crippen LogP contribution is 2.25. The molecule has 0 aliphatic rings. The number of aliphatic hydroxyl groups excluding tert-OH is 1. The highest BCUT2D eigenvalue weighted by Gasteiger charge is 2.21. The van der Waals surface area contributed by atoms with Crippen molar-refractivity contribution in [3.05, 3.63) is 29.1 Å². The lowest BCUT2D eigenvalue weighted by atomic mass is 10.1. The molecule has 0 amide bonds. The second-order valence-corrected chi connectivity index (χ2v) is 2.91. The van der Waals surface area contributed by atoms with E-state index in [1.54, 1.807) is 0 Å². The standard InChI is InChI=1S/C9H9FO4/c1-4-2-5(11)3-6(7(4)10)8(12)9(13)14/h2-3,8,11-12H,1H3,(H,13,14). The number of phenolic OH excluding ortho intramolecular Hbond substituents is 1. The van der Waals surface area contributed by atoms with E-state index in [1.165, 1.54) is 6.92 Å². The summed E-state index contributed by atoms with van der Waals surface area (Å²) in [5, 5.41) is 26.6. The second-order valence-electron chi connectivity index (χ2n) is 2.91. The van der Waals surface area contributed by atoms with E-state index in [0.717, 1.165) is 12.1 Å². The van der Waals surface area contributed by atoms with Gasteiger partial charge in [0.2, 0.25) is 0 Å². The Hall–Kier alpha value is -1.62. The van der Waals surface area contributed by atoms with Crippen molar-refractivity contribution in [2.24, 2.45) is 0 Å². The van der Waals surface area contributed by atoms with Crippen molar-refractivity contribution in [3.8, 4) is 5.75 Å². The molecule has 76 valence electrons. The van der Waals surface area contributed by atoms with E-state index in [2.05, 4.69) is 0 Å². The number of phenols is 1. The van der Waals surface area contributed by atoms with Gasteiger partial charge in [-0.1, -0.05) is 0 Å². The second kappa shape index (κ2) is 3.63. The minimum Gasteiger partial charge on any atom is -0.508 e. The third kappa shape index (κ3) is 1.82. The summed E-state index contributed by atoms with van der Waals surface area (Å²) in [7, 11) is 0. The van der Waals surface area contributed by atoms with Crippen LogP contribution < -0.4 is 0 Å². The first kappa shape index (κ1) is 10.5. The zero-order valence-corrected chi connectivity index (χ0v) is 7.36. The predicted octanol–water partition coefficient (Wildman–Crippen LogP) is 0.958. The molecule has 0 aromatic heterocycles. The smallest absolute Gasteiger partial charge is 0.337 e. The van der Waals surface area contributed by atoms with Gasteiger partial charge in [-0.2, -0.15) is 0 Å². The average Bonchev–Trinajstić information content (AvgIpc) is 2.09. The van der Waals surface area contributed by atoms with Crippen LogP contribution in [0, 0.1) is 12.7 Å². The number of benzene rings is 1. The van der Waals surface area contributed by atoms with E-state index in [-0.39, 0.29) is 11.3 Å². The van der Waals surface area contributed by atoms with Crippen LogP contribution in [-0.4, -0.2) is 21.3 Å². The highest BCUT2D eigenvalue weighted by atomic mass is 19.1. The molecule has 1 unspecified atom stereocenters. The van der Waals surface area contributed by atoms with Gasteiger partial charge in [-0.25, -0.2) is 9.18 Å². The Labute approximate surface area is 79.2 Å². The van der Waals surface area contributed by atoms with Crippen LogP contribution in [0.3, 0.4) is 0 Å². The van der Waals surface area contributed by atoms with Gasteiger partial charge in [0.1, 0.15) is 11.6 Å². The number of hydrogen-bond donors (Lipinski definition) is 3. The van der Waals surface area contributed by atoms with Crippen LogP contribution in [0.25, 0.3) is 0 Å². The molecule has 0 aliphatic heterocycles. The van der Waals surface area contributed by atoms with Gasteiger partial charge < -0.3 is 15.3 Å². The molecule has 3 N–H and O–H groups in total. The molecule has 1 rings (SSSR count). The number of aryl methyl sites for hydroxylation is 1. The molecule has 1 aromatic rings. The van der Waals surface area contributed by atoms with Crippen LogP contribution in [0.5, 0.6) is 5.75 Å². The molecular weight excluding hydrogens is 191 g/mol. The summed E-state index contributed by atoms with van der Waals surface area (Å²) in [4.78, 5) is 10.4. The lowest BCUT2D eigenvalue weighted by Crippen LogP contribution is -2.12. The van der Waals surface area contributed by atoms with Crippen LogP contribution in [0.1, 0.15) is 17.2 Å². The van der Waals surface area contributed by atoms with Gasteiger partial charge in [0.15, 0.2) is 6.10 Å². The summed E-state index contributed by atoms with van der Waals surface area (Å²) in [5.74, 6) is -2.66. The van der Waals surface area contributed by atoms with Crippen LogP contribution in [-0.2, 0) is 4.79 Å². The van der Waals surface area contributed by atoms with E-state index in [1.807, 2.05) is 0 Å². The maximum absolute atomic E-state index is 13.3. The van der Waals surface area contributed by atoms with Gasteiger partial charge >= 0.3 is 5.97 Å². The summed E-state index contributed by atoms with van der Waals surface area (Å²) in [6.07, 6.45) is -1.96. The van der Waals surface area contributed by atoms with Gasteiger partial charge in [-0.15, -0.1) is 0 Å². The van der Waals surface area contributed by atoms with E-state index in [4.69, 9.17) is 15.3 Å². The molecular formula is C9H9FO4. The third-order valence-electron chi connectivity index (χ3n) is 1.80. The Morgan fingerprint density at radius 1 is 1.50 bits per heavy atom. The van der Waals surface area contributed by atoms with Gasteiger partial charge in [0.05, 0.1) is 0 Å². The van der Waals surface area contributed by atoms with E-state index < -0.39 is 23.5 Å². The first-order valence-electron chi connectivity index (χ1n) is 3.83. The van der Waals surface area contributed by atoms with Crippen molar-refractivity contribution in [2.45, 2.75) is 13.0 Å². The summed E-state index contributed by atoms with van der Waals surface area (Å²) in [6.45, 7) is 1.37. The normalized spacial score (nSPS) is 12.5. The van der Waals surface area contributed by atoms with Gasteiger partial charge in [0.25, 0.3) is 0 Å². The molecule has 0 bridgehead atoms. The van der Waals surface area contributed by atoms with Crippen molar-refractivity contribution in [2.75, 3.05) is 0 Å². The fourth-order valence-corrected chi connectivity index (χ4v) is 1.11. The quantitative estimate of drug-likeness (QED) is 0.664. The molecule has 5 heteroatoms. The Balaban J connectivity index is 3.26. The SMILES string of the molecule is Cc1cc(O)cc(C(O)C(=O)O)c1F. The monoisotopic (exact) mass is 200 g/mol. The lowest BCUT2D eigenvalue weighted by Gasteiger charge is -2.09. The minimum absolute atomic E-state index is 0.0836. The largest absolute Gasteiger partial charge is 0.508 e. The van der Waals surface area contributed by atoms with Gasteiger partial charge in [-0.3, -0.25) is 0 Å². The fourth-order valence-electron chi connectivity index (χ4n) is 1.11. The molecule has 14 heavy (non-hydrogen) atoms. The molecule has 0 aliphatic carbocycles. The maximum atomic E-state index is 13.3. The number of aliphatic carboxylic acids is 1. The van der Waals surface area contributed by atoms with Crippen LogP contribution >= 0.6 is 0 Å². The molecule has 0 spiro atoms. The molecule has 1 aromatic carbocycles. The van der Waals surface area contributed by atoms with Gasteiger partial charge in [-0.05, 0) is 24.6 Å². The van der Waals surface area contributed by atoms with E-state index >= 15 is 0 Å². The zero-order chi connectivity index (χ0) is 10.9. The summed E-state index contributed by atoms with van der Waals surface area (Å²) in [6, 6.07) is 2.04. The first-order chi connectivity index (χ1) is 6.43. The van der Waals surface area contributed by atoms with Crippen molar-refractivity contribution in [1.29, 1.82) is 0 Å². The number of carbonyl (C=O) groups is 1. The van der Waals surface area contributed by atoms with Crippen molar-refractivity contribution in [3.63, 3.8) is 0 Å². The Morgan fingerprint density at radius 3 is 2.57 bits per heavy atom. The van der Waals surface area contributed by atoms with Crippen LogP contribution in [0.4, 0.5) is 4.39 Å². The summed E-state index contributed by atoms with van der Waals surface area (Å²) in [5.41, 5.74) is -0.352. The van der Waals surface area contributed by atoms with Gasteiger partial charge in [0, 0.05) is 5.56 Å². The van der Waals surface area contributed by atoms with Crippen molar-refractivity contribution in [1.82, 2.24) is 0 Å². The number of aromatic hydroxyl groups is 1. The Kier molecular flexibility index (Phi) is 2.71. The molecule has 0 radical (unpaired) electrons. The first-order valence-corrected chi connectivity index (χ1v) is 3.83. The lowest BCUT2D eigenvalue weighted by molar-refractivity contribution is -0.147. The zero-order valence-electron chi connectivity index (χ0n) is 7.36. The topological polar surface area (TPSA) is 77.8 Å². The molecule has 0 saturated heterocycles. The maximum Gasteiger partial charge on any atom is 0.337 e. The number of carboxylic acids is 1. The van der Waals surface area contributed by atoms with Crippen LogP contribution in [0.2, 0.25) is 0 Å². The average molecular weight is 200 g/mol. The number of aliphatic hydroxyl groups is 1. The Morgan fingerprint density at radius 2 is 2.07 bits per heavy atom. The number of rotatable bonds is 2. The van der Waals surface area contributed by atoms with Crippen LogP contribution in [0.15, 0.2) is 12.1 Å². The summed E-state index contributed by atoms with van der Waals surface area (Å²) >= 11 is 0. The van der Waals surface area contributed by atoms with Crippen molar-refractivity contribution < 1.29 is 24.5 Å². The molecule has 4 nitrogen and oxygen atoms in total. The van der Waals surface area contributed by atoms with Crippen molar-refractivity contribution >= 4 is 5.97 Å². The Bertz CT molecular complexity index is 375. The molecule has 0 heterocycles. The minimum atomic E-state index is -1.96. The molecule has 0 fully saturated rings. The predicted molar refractivity (Wildman–Crippen MR) is 45.4 cm³/mol. The number of halogens is 1. The molecule has 0 saturated carbocycles.